The number of nitrogens with two attached hydrogens (primary N) is 1. The quantitative estimate of drug-likeness (QED) is 0.855. The summed E-state index contributed by atoms with van der Waals surface area (Å²) in [6.45, 7) is 7.30. The van der Waals surface area contributed by atoms with Crippen LogP contribution in [0.15, 0.2) is 18.2 Å². The SMILES string of the molecule is CC(C)(CCN)NCc1ccc2c(c1)OCCCO2. The lowest BCUT2D eigenvalue weighted by Gasteiger charge is -2.26. The molecule has 0 radical (unpaired) electrons. The average molecular weight is 264 g/mol. The molecule has 1 aromatic carbocycles. The smallest absolute Gasteiger partial charge is 0.161 e. The van der Waals surface area contributed by atoms with Crippen molar-refractivity contribution in [1.29, 1.82) is 0 Å². The molecular weight excluding hydrogens is 240 g/mol. The van der Waals surface area contributed by atoms with E-state index in [1.165, 1.54) is 5.56 Å². The summed E-state index contributed by atoms with van der Waals surface area (Å²) in [5.74, 6) is 1.70. The third-order valence-corrected chi connectivity index (χ3v) is 3.35. The molecule has 1 heterocycles. The molecule has 4 nitrogen and oxygen atoms in total. The van der Waals surface area contributed by atoms with Crippen molar-refractivity contribution < 1.29 is 9.47 Å². The highest BCUT2D eigenvalue weighted by atomic mass is 16.5. The highest BCUT2D eigenvalue weighted by molar-refractivity contribution is 5.43. The first kappa shape index (κ1) is 14.2. The van der Waals surface area contributed by atoms with E-state index in [1.54, 1.807) is 0 Å². The van der Waals surface area contributed by atoms with Gasteiger partial charge in [0.2, 0.25) is 0 Å². The van der Waals surface area contributed by atoms with Gasteiger partial charge in [-0.3, -0.25) is 0 Å². The molecule has 0 fully saturated rings. The highest BCUT2D eigenvalue weighted by Gasteiger charge is 2.16. The maximum absolute atomic E-state index is 5.70. The van der Waals surface area contributed by atoms with Gasteiger partial charge in [-0.25, -0.2) is 0 Å². The van der Waals surface area contributed by atoms with Crippen LogP contribution in [0.2, 0.25) is 0 Å². The zero-order valence-electron chi connectivity index (χ0n) is 11.9. The first-order valence-electron chi connectivity index (χ1n) is 6.94. The summed E-state index contributed by atoms with van der Waals surface area (Å²) < 4.78 is 11.3. The molecule has 19 heavy (non-hydrogen) atoms. The van der Waals surface area contributed by atoms with Crippen molar-refractivity contribution in [3.8, 4) is 11.5 Å². The van der Waals surface area contributed by atoms with E-state index in [9.17, 15) is 0 Å². The lowest BCUT2D eigenvalue weighted by atomic mass is 10.0. The Balaban J connectivity index is 2.00. The third-order valence-electron chi connectivity index (χ3n) is 3.35. The Kier molecular flexibility index (Phi) is 4.66. The number of fused-ring (bicyclic) bond motifs is 1. The monoisotopic (exact) mass is 264 g/mol. The van der Waals surface area contributed by atoms with E-state index in [-0.39, 0.29) is 5.54 Å². The van der Waals surface area contributed by atoms with Crippen LogP contribution in [0.4, 0.5) is 0 Å². The van der Waals surface area contributed by atoms with Gasteiger partial charge < -0.3 is 20.5 Å². The van der Waals surface area contributed by atoms with Crippen molar-refractivity contribution in [3.05, 3.63) is 23.8 Å². The fourth-order valence-corrected chi connectivity index (χ4v) is 2.11. The molecule has 106 valence electrons. The Morgan fingerprint density at radius 3 is 2.68 bits per heavy atom. The van der Waals surface area contributed by atoms with Crippen molar-refractivity contribution >= 4 is 0 Å². The molecule has 0 aliphatic carbocycles. The largest absolute Gasteiger partial charge is 0.490 e. The normalized spacial score (nSPS) is 15.1. The van der Waals surface area contributed by atoms with Crippen LogP contribution < -0.4 is 20.5 Å². The van der Waals surface area contributed by atoms with Gasteiger partial charge in [0.1, 0.15) is 0 Å². The summed E-state index contributed by atoms with van der Waals surface area (Å²) in [6.07, 6.45) is 1.89. The molecule has 0 atom stereocenters. The second-order valence-corrected chi connectivity index (χ2v) is 5.61. The molecule has 2 rings (SSSR count). The number of hydrogen-bond donors (Lipinski definition) is 2. The van der Waals surface area contributed by atoms with Gasteiger partial charge in [0.05, 0.1) is 13.2 Å². The summed E-state index contributed by atoms with van der Waals surface area (Å²) in [7, 11) is 0. The molecule has 0 saturated carbocycles. The summed E-state index contributed by atoms with van der Waals surface area (Å²) in [6, 6.07) is 6.14. The van der Waals surface area contributed by atoms with Gasteiger partial charge in [-0.1, -0.05) is 6.07 Å². The van der Waals surface area contributed by atoms with E-state index in [2.05, 4.69) is 31.3 Å². The van der Waals surface area contributed by atoms with Crippen LogP contribution in [-0.4, -0.2) is 25.3 Å². The fourth-order valence-electron chi connectivity index (χ4n) is 2.11. The summed E-state index contributed by atoms with van der Waals surface area (Å²) in [5, 5.41) is 3.52. The van der Waals surface area contributed by atoms with Crippen molar-refractivity contribution in [2.45, 2.75) is 38.8 Å². The number of hydrogen-bond acceptors (Lipinski definition) is 4. The zero-order valence-corrected chi connectivity index (χ0v) is 11.9. The minimum atomic E-state index is 0.0545. The Bertz CT molecular complexity index is 419. The Morgan fingerprint density at radius 1 is 1.21 bits per heavy atom. The lowest BCUT2D eigenvalue weighted by Crippen LogP contribution is -2.40. The van der Waals surface area contributed by atoms with Crippen LogP contribution >= 0.6 is 0 Å². The van der Waals surface area contributed by atoms with Crippen molar-refractivity contribution in [2.24, 2.45) is 5.73 Å². The second-order valence-electron chi connectivity index (χ2n) is 5.61. The van der Waals surface area contributed by atoms with E-state index in [4.69, 9.17) is 15.2 Å². The van der Waals surface area contributed by atoms with E-state index >= 15 is 0 Å². The molecule has 1 aliphatic rings. The molecule has 0 bridgehead atoms. The van der Waals surface area contributed by atoms with Gasteiger partial charge in [-0.15, -0.1) is 0 Å². The predicted octanol–water partition coefficient (Wildman–Crippen LogP) is 2.06. The van der Waals surface area contributed by atoms with Crippen molar-refractivity contribution in [3.63, 3.8) is 0 Å². The topological polar surface area (TPSA) is 56.5 Å². The second kappa shape index (κ2) is 6.26. The summed E-state index contributed by atoms with van der Waals surface area (Å²) in [4.78, 5) is 0. The standard InChI is InChI=1S/C15H24N2O2/c1-15(2,6-7-16)17-11-12-4-5-13-14(10-12)19-9-3-8-18-13/h4-5,10,17H,3,6-9,11,16H2,1-2H3. The molecule has 0 aromatic heterocycles. The van der Waals surface area contributed by atoms with Crippen LogP contribution in [0.25, 0.3) is 0 Å². The molecule has 0 spiro atoms. The van der Waals surface area contributed by atoms with E-state index < -0.39 is 0 Å². The Morgan fingerprint density at radius 2 is 1.95 bits per heavy atom. The van der Waals surface area contributed by atoms with Crippen LogP contribution in [-0.2, 0) is 6.54 Å². The van der Waals surface area contributed by atoms with Gasteiger partial charge in [0, 0.05) is 18.5 Å². The van der Waals surface area contributed by atoms with E-state index in [1.807, 2.05) is 6.07 Å². The Labute approximate surface area is 115 Å². The van der Waals surface area contributed by atoms with Crippen LogP contribution in [0.1, 0.15) is 32.3 Å². The van der Waals surface area contributed by atoms with Crippen LogP contribution in [0.5, 0.6) is 11.5 Å². The summed E-state index contributed by atoms with van der Waals surface area (Å²) >= 11 is 0. The molecule has 0 amide bonds. The third kappa shape index (κ3) is 4.11. The lowest BCUT2D eigenvalue weighted by molar-refractivity contribution is 0.297. The highest BCUT2D eigenvalue weighted by Crippen LogP contribution is 2.30. The molecule has 1 aromatic rings. The van der Waals surface area contributed by atoms with Crippen molar-refractivity contribution in [2.75, 3.05) is 19.8 Å². The maximum Gasteiger partial charge on any atom is 0.161 e. The van der Waals surface area contributed by atoms with Gasteiger partial charge in [0.15, 0.2) is 11.5 Å². The van der Waals surface area contributed by atoms with Gasteiger partial charge in [-0.05, 0) is 44.5 Å². The maximum atomic E-state index is 5.70. The molecule has 0 saturated heterocycles. The summed E-state index contributed by atoms with van der Waals surface area (Å²) in [5.41, 5.74) is 6.87. The van der Waals surface area contributed by atoms with E-state index in [0.717, 1.165) is 44.1 Å². The van der Waals surface area contributed by atoms with E-state index in [0.29, 0.717) is 6.54 Å². The molecule has 1 aliphatic heterocycles. The average Bonchev–Trinajstić information content (AvgIpc) is 2.61. The molecule has 0 unspecified atom stereocenters. The Hall–Kier alpha value is -1.26. The van der Waals surface area contributed by atoms with Crippen LogP contribution in [0.3, 0.4) is 0 Å². The first-order chi connectivity index (χ1) is 9.11. The number of nitrogens with one attached hydrogen (secondary N) is 1. The minimum absolute atomic E-state index is 0.0545. The molecular formula is C15H24N2O2. The zero-order chi connectivity index (χ0) is 13.7. The predicted molar refractivity (Wildman–Crippen MR) is 76.6 cm³/mol. The number of benzene rings is 1. The van der Waals surface area contributed by atoms with Gasteiger partial charge in [0.25, 0.3) is 0 Å². The van der Waals surface area contributed by atoms with Crippen molar-refractivity contribution in [1.82, 2.24) is 5.32 Å². The fraction of sp³-hybridized carbons (Fsp3) is 0.600. The number of ether oxygens (including phenoxy) is 2. The first-order valence-corrected chi connectivity index (χ1v) is 6.94. The minimum Gasteiger partial charge on any atom is -0.490 e. The molecule has 3 N–H and O–H groups in total. The molecule has 4 heteroatoms. The number of rotatable bonds is 5. The van der Waals surface area contributed by atoms with Crippen LogP contribution in [0, 0.1) is 0 Å². The van der Waals surface area contributed by atoms with Gasteiger partial charge in [-0.2, -0.15) is 0 Å². The van der Waals surface area contributed by atoms with Gasteiger partial charge >= 0.3 is 0 Å².